The van der Waals surface area contributed by atoms with Crippen molar-refractivity contribution in [3.63, 3.8) is 0 Å². The Balaban J connectivity index is 1.03. The van der Waals surface area contributed by atoms with Gasteiger partial charge in [-0.25, -0.2) is 17.5 Å². The molecule has 304 valence electrons. The number of nitrogens with one attached hydrogen (secondary N) is 3. The minimum atomic E-state index is -4.56. The van der Waals surface area contributed by atoms with E-state index in [1.807, 2.05) is 48.5 Å². The number of nitrogens with zero attached hydrogens (tertiary/aromatic N) is 3. The average molecular weight is 819 g/mol. The number of carbonyl (C=O) groups is 1. The largest absolute Gasteiger partial charge is 0.456 e. The van der Waals surface area contributed by atoms with Gasteiger partial charge in [-0.3, -0.25) is 19.8 Å². The van der Waals surface area contributed by atoms with Crippen molar-refractivity contribution in [1.29, 1.82) is 0 Å². The molecule has 15 heteroatoms. The number of piperazine rings is 1. The lowest BCUT2D eigenvalue weighted by Crippen LogP contribution is -2.48. The lowest BCUT2D eigenvalue weighted by molar-refractivity contribution is -0.384. The summed E-state index contributed by atoms with van der Waals surface area (Å²) >= 11 is 0. The van der Waals surface area contributed by atoms with E-state index in [4.69, 9.17) is 9.47 Å². The standard InChI is InChI=1S/C44H43FN6O7S/c45-34-8-6-32(7-9-34)43(31-4-2-1-3-5-31)50-22-20-49(21-23-50)35-10-13-38(42(27-35)58-36-11-14-39-33(26-36)16-19-46-39)44(52)48-59(55,56)37-12-15-40(41(28-37)51(53)54)47-29-30-17-24-57-25-18-30/h1-16,19,26-28,30,43,46-47H,17-18,20-25,29H2,(H,48,52). The number of H-pyrrole nitrogens is 1. The molecule has 2 fully saturated rings. The van der Waals surface area contributed by atoms with Crippen LogP contribution in [0.2, 0.25) is 0 Å². The Morgan fingerprint density at radius 2 is 1.64 bits per heavy atom. The van der Waals surface area contributed by atoms with Crippen LogP contribution in [0.25, 0.3) is 10.9 Å². The highest BCUT2D eigenvalue weighted by atomic mass is 32.2. The van der Waals surface area contributed by atoms with Crippen LogP contribution in [0.1, 0.15) is 40.4 Å². The SMILES string of the molecule is O=C(NS(=O)(=O)c1ccc(NCC2CCOCC2)c([N+](=O)[O-])c1)c1ccc(N2CCN(C(c3ccccc3)c3ccc(F)cc3)CC2)cc1Oc1ccc2[nH]ccc2c1. The van der Waals surface area contributed by atoms with Gasteiger partial charge in [-0.15, -0.1) is 0 Å². The summed E-state index contributed by atoms with van der Waals surface area (Å²) in [6.07, 6.45) is 3.44. The summed E-state index contributed by atoms with van der Waals surface area (Å²) in [5.74, 6) is -0.435. The number of hydrogen-bond donors (Lipinski definition) is 3. The number of ether oxygens (including phenoxy) is 2. The molecule has 0 bridgehead atoms. The third-order valence-electron chi connectivity index (χ3n) is 10.9. The summed E-state index contributed by atoms with van der Waals surface area (Å²) in [5, 5.41) is 16.0. The van der Waals surface area contributed by atoms with Crippen LogP contribution in [0, 0.1) is 21.8 Å². The molecule has 0 aliphatic carbocycles. The Morgan fingerprint density at radius 1 is 0.898 bits per heavy atom. The molecule has 0 radical (unpaired) electrons. The first-order valence-corrected chi connectivity index (χ1v) is 21.0. The highest BCUT2D eigenvalue weighted by Crippen LogP contribution is 2.35. The molecule has 6 aromatic rings. The van der Waals surface area contributed by atoms with Crippen LogP contribution < -0.4 is 19.7 Å². The van der Waals surface area contributed by atoms with Gasteiger partial charge in [-0.1, -0.05) is 42.5 Å². The second-order valence-corrected chi connectivity index (χ2v) is 16.4. The van der Waals surface area contributed by atoms with E-state index >= 15 is 0 Å². The second kappa shape index (κ2) is 17.3. The fraction of sp³-hybridized carbons (Fsp3) is 0.250. The van der Waals surface area contributed by atoms with Gasteiger partial charge in [0.15, 0.2) is 0 Å². The summed E-state index contributed by atoms with van der Waals surface area (Å²) in [4.78, 5) is 32.5. The molecule has 1 unspecified atom stereocenters. The molecule has 2 saturated heterocycles. The second-order valence-electron chi connectivity index (χ2n) is 14.7. The summed E-state index contributed by atoms with van der Waals surface area (Å²) in [6.45, 7) is 4.31. The Hall–Kier alpha value is -6.29. The smallest absolute Gasteiger partial charge is 0.293 e. The lowest BCUT2D eigenvalue weighted by atomic mass is 9.96. The fourth-order valence-electron chi connectivity index (χ4n) is 7.75. The molecule has 3 heterocycles. The predicted octanol–water partition coefficient (Wildman–Crippen LogP) is 7.88. The van der Waals surface area contributed by atoms with E-state index in [1.54, 1.807) is 24.4 Å². The van der Waals surface area contributed by atoms with Crippen molar-refractivity contribution in [1.82, 2.24) is 14.6 Å². The Labute approximate surface area is 341 Å². The average Bonchev–Trinajstić information content (AvgIpc) is 3.73. The number of fused-ring (bicyclic) bond motifs is 1. The molecule has 59 heavy (non-hydrogen) atoms. The zero-order chi connectivity index (χ0) is 40.9. The van der Waals surface area contributed by atoms with Gasteiger partial charge in [0.05, 0.1) is 21.4 Å². The maximum atomic E-state index is 13.9. The number of benzene rings is 5. The highest BCUT2D eigenvalue weighted by molar-refractivity contribution is 7.90. The number of halogens is 1. The summed E-state index contributed by atoms with van der Waals surface area (Å²) in [6, 6.07) is 32.4. The third kappa shape index (κ3) is 9.07. The van der Waals surface area contributed by atoms with Crippen molar-refractivity contribution < 1.29 is 32.0 Å². The van der Waals surface area contributed by atoms with Crippen molar-refractivity contribution in [2.75, 3.05) is 56.2 Å². The molecule has 0 saturated carbocycles. The monoisotopic (exact) mass is 818 g/mol. The summed E-state index contributed by atoms with van der Waals surface area (Å²) in [7, 11) is -4.56. The lowest BCUT2D eigenvalue weighted by Gasteiger charge is -2.40. The van der Waals surface area contributed by atoms with Gasteiger partial charge in [0, 0.05) is 80.9 Å². The van der Waals surface area contributed by atoms with Crippen molar-refractivity contribution in [3.05, 3.63) is 154 Å². The first kappa shape index (κ1) is 39.5. The molecule has 3 N–H and O–H groups in total. The molecule has 1 amide bonds. The number of nitro groups is 1. The first-order valence-electron chi connectivity index (χ1n) is 19.5. The predicted molar refractivity (Wildman–Crippen MR) is 223 cm³/mol. The zero-order valence-corrected chi connectivity index (χ0v) is 32.9. The number of aromatic nitrogens is 1. The molecule has 5 aromatic carbocycles. The van der Waals surface area contributed by atoms with E-state index in [0.717, 1.165) is 46.6 Å². The van der Waals surface area contributed by atoms with E-state index in [9.17, 15) is 27.7 Å². The number of rotatable bonds is 13. The minimum absolute atomic E-state index is 0.0465. The normalized spacial score (nSPS) is 15.8. The number of anilines is 2. The van der Waals surface area contributed by atoms with Crippen LogP contribution in [0.3, 0.4) is 0 Å². The maximum Gasteiger partial charge on any atom is 0.293 e. The van der Waals surface area contributed by atoms with E-state index in [0.29, 0.717) is 51.7 Å². The van der Waals surface area contributed by atoms with Gasteiger partial charge in [0.1, 0.15) is 23.0 Å². The van der Waals surface area contributed by atoms with Gasteiger partial charge in [-0.05, 0) is 90.6 Å². The van der Waals surface area contributed by atoms with Gasteiger partial charge < -0.3 is 24.7 Å². The Kier molecular flexibility index (Phi) is 11.6. The van der Waals surface area contributed by atoms with Crippen molar-refractivity contribution in [2.24, 2.45) is 5.92 Å². The highest BCUT2D eigenvalue weighted by Gasteiger charge is 2.29. The van der Waals surface area contributed by atoms with Crippen molar-refractivity contribution in [2.45, 2.75) is 23.8 Å². The number of nitro benzene ring substituents is 1. The van der Waals surface area contributed by atoms with Crippen LogP contribution in [-0.4, -0.2) is 75.1 Å². The molecule has 8 rings (SSSR count). The number of hydrogen-bond acceptors (Lipinski definition) is 10. The van der Waals surface area contributed by atoms with Crippen LogP contribution in [0.15, 0.2) is 126 Å². The molecule has 1 atom stereocenters. The van der Waals surface area contributed by atoms with Gasteiger partial charge in [-0.2, -0.15) is 0 Å². The van der Waals surface area contributed by atoms with Crippen molar-refractivity contribution in [3.8, 4) is 11.5 Å². The minimum Gasteiger partial charge on any atom is -0.456 e. The Morgan fingerprint density at radius 3 is 2.39 bits per heavy atom. The van der Waals surface area contributed by atoms with Gasteiger partial charge in [0.25, 0.3) is 21.6 Å². The van der Waals surface area contributed by atoms with Crippen LogP contribution in [0.4, 0.5) is 21.5 Å². The number of amides is 1. The maximum absolute atomic E-state index is 13.9. The molecule has 1 aromatic heterocycles. The van der Waals surface area contributed by atoms with Crippen molar-refractivity contribution >= 4 is 43.9 Å². The van der Waals surface area contributed by atoms with Crippen LogP contribution in [-0.2, 0) is 14.8 Å². The van der Waals surface area contributed by atoms with E-state index in [2.05, 4.69) is 37.0 Å². The van der Waals surface area contributed by atoms with Crippen LogP contribution >= 0.6 is 0 Å². The first-order chi connectivity index (χ1) is 28.6. The third-order valence-corrected chi connectivity index (χ3v) is 12.3. The topological polar surface area (TPSA) is 159 Å². The zero-order valence-electron chi connectivity index (χ0n) is 32.1. The van der Waals surface area contributed by atoms with E-state index < -0.39 is 31.4 Å². The number of sulfonamides is 1. The Bertz CT molecular complexity index is 2560. The van der Waals surface area contributed by atoms with Gasteiger partial charge in [0.2, 0.25) is 0 Å². The molecule has 0 spiro atoms. The van der Waals surface area contributed by atoms with Gasteiger partial charge >= 0.3 is 0 Å². The molecule has 2 aliphatic rings. The van der Waals surface area contributed by atoms with E-state index in [1.165, 1.54) is 30.3 Å². The number of carbonyl (C=O) groups excluding carboxylic acids is 1. The number of aromatic amines is 1. The fourth-order valence-corrected chi connectivity index (χ4v) is 8.74. The molecular weight excluding hydrogens is 776 g/mol. The molecule has 13 nitrogen and oxygen atoms in total. The summed E-state index contributed by atoms with van der Waals surface area (Å²) < 4.78 is 55.1. The molecular formula is C44H43FN6O7S. The van der Waals surface area contributed by atoms with Crippen LogP contribution in [0.5, 0.6) is 11.5 Å². The summed E-state index contributed by atoms with van der Waals surface area (Å²) in [5.41, 5.74) is 3.45. The quantitative estimate of drug-likeness (QED) is 0.0773. The molecule has 2 aliphatic heterocycles. The van der Waals surface area contributed by atoms with E-state index in [-0.39, 0.29) is 34.8 Å².